The van der Waals surface area contributed by atoms with Gasteiger partial charge < -0.3 is 5.11 Å². The second-order valence-corrected chi connectivity index (χ2v) is 10.8. The Bertz CT molecular complexity index is 1170. The smallest absolute Gasteiger partial charge is 0.812 e. The summed E-state index contributed by atoms with van der Waals surface area (Å²) in [5, 5.41) is 15.0. The molecule has 0 unspecified atom stereocenters. The molecule has 1 aromatic carbocycles. The Morgan fingerprint density at radius 2 is 0.884 bits per heavy atom. The molecule has 0 aliphatic rings. The Hall–Kier alpha value is -3.59. The molecule has 43 heavy (non-hydrogen) atoms. The Balaban J connectivity index is 0.000000731. The molecule has 15 heteroatoms. The number of hydrogen-bond donors (Lipinski definition) is 0. The Morgan fingerprint density at radius 1 is 0.581 bits per heavy atom. The van der Waals surface area contributed by atoms with E-state index in [0.717, 1.165) is 56.4 Å². The first-order chi connectivity index (χ1) is 19.7. The molecule has 7 nitrogen and oxygen atoms in total. The Labute approximate surface area is 256 Å². The van der Waals surface area contributed by atoms with Crippen molar-refractivity contribution in [2.45, 2.75) is 26.2 Å². The summed E-state index contributed by atoms with van der Waals surface area (Å²) in [5.41, 5.74) is 4.54. The third-order valence-electron chi connectivity index (χ3n) is 5.32. The number of benzene rings is 1. The molecule has 0 saturated carbocycles. The van der Waals surface area contributed by atoms with Crippen LogP contribution in [0.15, 0.2) is 104 Å². The Kier molecular flexibility index (Phi) is 14.7. The van der Waals surface area contributed by atoms with Gasteiger partial charge in [0.2, 0.25) is 0 Å². The molecule has 230 valence electrons. The molecule has 4 rings (SSSR count). The predicted octanol–water partition coefficient (Wildman–Crippen LogP) is 6.78. The molecule has 3 aromatic heterocycles. The SMILES string of the molecule is F[P-](F)(F)(F)(F)F.N#C[O-].[Fe+4].c1ccc(CN(CCN(Cc2ccccn2)Cc2ccccn2)Cc2ccccn2)cc1. The van der Waals surface area contributed by atoms with Crippen molar-refractivity contribution in [2.75, 3.05) is 13.1 Å². The van der Waals surface area contributed by atoms with E-state index >= 15 is 0 Å². The minimum atomic E-state index is -10.7. The average molecular weight is 666 g/mol. The van der Waals surface area contributed by atoms with Crippen molar-refractivity contribution in [3.63, 3.8) is 0 Å². The quantitative estimate of drug-likeness (QED) is 0.0754. The van der Waals surface area contributed by atoms with Crippen LogP contribution in [-0.4, -0.2) is 37.8 Å². The maximum Gasteiger partial charge on any atom is 4.00 e. The maximum absolute atomic E-state index is 10.7. The number of aromatic nitrogens is 3. The molecule has 0 aliphatic heterocycles. The fourth-order valence-corrected chi connectivity index (χ4v) is 3.71. The van der Waals surface area contributed by atoms with Gasteiger partial charge in [0.25, 0.3) is 0 Å². The van der Waals surface area contributed by atoms with E-state index < -0.39 is 7.81 Å². The summed E-state index contributed by atoms with van der Waals surface area (Å²) < 4.78 is 59.2. The number of pyridine rings is 3. The van der Waals surface area contributed by atoms with Crippen molar-refractivity contribution in [1.29, 1.82) is 5.26 Å². The van der Waals surface area contributed by atoms with Gasteiger partial charge in [-0.25, -0.2) is 5.26 Å². The van der Waals surface area contributed by atoms with Gasteiger partial charge in [-0.05, 0) is 42.0 Å². The first kappa shape index (κ1) is 37.4. The molecule has 0 aliphatic carbocycles. The average Bonchev–Trinajstić information content (AvgIpc) is 2.93. The van der Waals surface area contributed by atoms with Crippen molar-refractivity contribution < 1.29 is 47.4 Å². The van der Waals surface area contributed by atoms with Crippen molar-refractivity contribution >= 4 is 7.81 Å². The molecule has 3 heterocycles. The van der Waals surface area contributed by atoms with Crippen LogP contribution in [0.25, 0.3) is 0 Å². The van der Waals surface area contributed by atoms with Gasteiger partial charge in [0.05, 0.1) is 17.1 Å². The van der Waals surface area contributed by atoms with E-state index in [0.29, 0.717) is 6.26 Å². The molecule has 0 fully saturated rings. The van der Waals surface area contributed by atoms with Crippen LogP contribution in [0.3, 0.4) is 0 Å². The molecule has 0 atom stereocenters. The molecule has 0 spiro atoms. The summed E-state index contributed by atoms with van der Waals surface area (Å²) >= 11 is 0. The normalized spacial score (nSPS) is 12.3. The van der Waals surface area contributed by atoms with Gasteiger partial charge in [-0.3, -0.25) is 24.8 Å². The van der Waals surface area contributed by atoms with Gasteiger partial charge in [0.1, 0.15) is 0 Å². The number of nitriles is 1. The summed E-state index contributed by atoms with van der Waals surface area (Å²) in [5.74, 6) is 0. The van der Waals surface area contributed by atoms with Gasteiger partial charge in [-0.15, -0.1) is 0 Å². The van der Waals surface area contributed by atoms with Crippen LogP contribution < -0.4 is 5.11 Å². The molecule has 0 bridgehead atoms. The van der Waals surface area contributed by atoms with Gasteiger partial charge in [0.15, 0.2) is 0 Å². The van der Waals surface area contributed by atoms with E-state index in [2.05, 4.69) is 79.3 Å². The van der Waals surface area contributed by atoms with Crippen LogP contribution in [0.2, 0.25) is 0 Å². The van der Waals surface area contributed by atoms with Crippen molar-refractivity contribution in [3.05, 3.63) is 126 Å². The molecule has 0 radical (unpaired) electrons. The zero-order valence-corrected chi connectivity index (χ0v) is 24.7. The fraction of sp³-hybridized carbons (Fsp3) is 0.214. The standard InChI is InChI=1S/C27H29N5.CHNO.F6P.Fe/c1-2-10-24(11-3-1)20-31(21-25-12-4-7-15-28-25)18-19-32(22-26-13-5-8-16-29-26)23-27-14-6-9-17-30-27;2-1-3;1-7(2,3,4,5)6;/h1-17H,18-23H2;3H;;/q;;-1;+4/p-1. The van der Waals surface area contributed by atoms with Crippen molar-refractivity contribution in [2.24, 2.45) is 0 Å². The first-order valence-corrected chi connectivity index (χ1v) is 14.5. The largest absolute Gasteiger partial charge is 4.00 e. The Morgan fingerprint density at radius 3 is 1.19 bits per heavy atom. The number of halogens is 6. The number of rotatable bonds is 11. The molecular formula is C28H29F6FeN6OP+2. The van der Waals surface area contributed by atoms with Gasteiger partial charge in [0, 0.05) is 64.1 Å². The van der Waals surface area contributed by atoms with Crippen LogP contribution in [-0.2, 0) is 43.2 Å². The van der Waals surface area contributed by atoms with Crippen LogP contribution in [0, 0.1) is 11.5 Å². The zero-order valence-electron chi connectivity index (χ0n) is 22.7. The van der Waals surface area contributed by atoms with E-state index in [-0.39, 0.29) is 17.1 Å². The van der Waals surface area contributed by atoms with Crippen LogP contribution in [0.1, 0.15) is 22.6 Å². The number of nitrogens with zero attached hydrogens (tertiary/aromatic N) is 6. The van der Waals surface area contributed by atoms with Gasteiger partial charge in [-0.2, -0.15) is 0 Å². The zero-order chi connectivity index (χ0) is 31.0. The third kappa shape index (κ3) is 20.9. The minimum absolute atomic E-state index is 0. The molecule has 0 N–H and O–H groups in total. The summed E-state index contributed by atoms with van der Waals surface area (Å²) in [4.78, 5) is 18.5. The second kappa shape index (κ2) is 16.9. The van der Waals surface area contributed by atoms with Gasteiger partial charge in [-0.1, -0.05) is 48.5 Å². The fourth-order valence-electron chi connectivity index (χ4n) is 3.71. The first-order valence-electron chi connectivity index (χ1n) is 12.5. The molecular weight excluding hydrogens is 637 g/mol. The van der Waals surface area contributed by atoms with E-state index in [1.165, 1.54) is 5.56 Å². The van der Waals surface area contributed by atoms with Crippen LogP contribution in [0.4, 0.5) is 25.2 Å². The van der Waals surface area contributed by atoms with Crippen LogP contribution >= 0.6 is 7.81 Å². The third-order valence-corrected chi connectivity index (χ3v) is 5.32. The maximum atomic E-state index is 9.87. The van der Waals surface area contributed by atoms with E-state index in [9.17, 15) is 25.2 Å². The summed E-state index contributed by atoms with van der Waals surface area (Å²) in [7, 11) is -10.7. The summed E-state index contributed by atoms with van der Waals surface area (Å²) in [6.45, 7) is 5.12. The second-order valence-electron chi connectivity index (χ2n) is 8.92. The van der Waals surface area contributed by atoms with Crippen LogP contribution in [0.5, 0.6) is 0 Å². The van der Waals surface area contributed by atoms with E-state index in [4.69, 9.17) is 10.4 Å². The molecule has 4 aromatic rings. The molecule has 0 saturated heterocycles. The monoisotopic (exact) mass is 666 g/mol. The van der Waals surface area contributed by atoms with Crippen molar-refractivity contribution in [1.82, 2.24) is 24.8 Å². The summed E-state index contributed by atoms with van der Waals surface area (Å²) in [6.07, 6.45) is 6.08. The van der Waals surface area contributed by atoms with Gasteiger partial charge >= 0.3 is 50.1 Å². The predicted molar refractivity (Wildman–Crippen MR) is 147 cm³/mol. The van der Waals surface area contributed by atoms with Crippen molar-refractivity contribution in [3.8, 4) is 6.26 Å². The summed E-state index contributed by atoms with van der Waals surface area (Å²) in [6, 6.07) is 28.9. The minimum Gasteiger partial charge on any atom is -0.812 e. The van der Waals surface area contributed by atoms with E-state index in [1.54, 1.807) is 0 Å². The number of hydrogen-bond acceptors (Lipinski definition) is 7. The molecule has 0 amide bonds. The topological polar surface area (TPSA) is 92.0 Å². The van der Waals surface area contributed by atoms with E-state index in [1.807, 2.05) is 48.9 Å².